The van der Waals surface area contributed by atoms with Crippen molar-refractivity contribution in [2.75, 3.05) is 13.2 Å². The van der Waals surface area contributed by atoms with Gasteiger partial charge in [0.2, 0.25) is 5.91 Å². The van der Waals surface area contributed by atoms with E-state index in [0.717, 1.165) is 60.4 Å². The van der Waals surface area contributed by atoms with E-state index in [1.165, 1.54) is 0 Å². The van der Waals surface area contributed by atoms with Crippen molar-refractivity contribution in [1.29, 1.82) is 0 Å². The number of hydrogen-bond donors (Lipinski definition) is 1. The van der Waals surface area contributed by atoms with E-state index in [9.17, 15) is 9.90 Å². The molecule has 1 aliphatic heterocycles. The minimum absolute atomic E-state index is 0.0253. The monoisotopic (exact) mass is 398 g/mol. The van der Waals surface area contributed by atoms with Gasteiger partial charge in [-0.1, -0.05) is 29.8 Å². The molecule has 2 aromatic rings. The predicted octanol–water partition coefficient (Wildman–Crippen LogP) is 4.34. The summed E-state index contributed by atoms with van der Waals surface area (Å²) in [7, 11) is 0. The number of halogens is 1. The SMILES string of the molecule is O=C1C(Cc2ccc(-c3cccnc3)cc2Cl)CCN1[C@H]1CC[C@@H](CO)CC1. The molecule has 1 unspecified atom stereocenters. The van der Waals surface area contributed by atoms with Crippen LogP contribution in [0.5, 0.6) is 0 Å². The van der Waals surface area contributed by atoms with E-state index < -0.39 is 0 Å². The second-order valence-corrected chi connectivity index (χ2v) is 8.53. The van der Waals surface area contributed by atoms with Crippen molar-refractivity contribution in [3.8, 4) is 11.1 Å². The van der Waals surface area contributed by atoms with Crippen LogP contribution in [-0.2, 0) is 11.2 Å². The molecule has 2 aliphatic rings. The first-order chi connectivity index (χ1) is 13.7. The van der Waals surface area contributed by atoms with Crippen LogP contribution in [0.25, 0.3) is 11.1 Å². The van der Waals surface area contributed by atoms with Crippen LogP contribution in [-0.4, -0.2) is 40.1 Å². The molecule has 28 heavy (non-hydrogen) atoms. The third-order valence-electron chi connectivity index (χ3n) is 6.38. The Kier molecular flexibility index (Phi) is 5.98. The van der Waals surface area contributed by atoms with Gasteiger partial charge in [-0.25, -0.2) is 0 Å². The number of benzene rings is 1. The van der Waals surface area contributed by atoms with Crippen molar-refractivity contribution >= 4 is 17.5 Å². The summed E-state index contributed by atoms with van der Waals surface area (Å²) in [6.07, 6.45) is 9.28. The van der Waals surface area contributed by atoms with Crippen molar-refractivity contribution in [3.05, 3.63) is 53.3 Å². The molecule has 1 aliphatic carbocycles. The number of carbonyl (C=O) groups excluding carboxylic acids is 1. The first-order valence-corrected chi connectivity index (χ1v) is 10.6. The minimum atomic E-state index is 0.0253. The van der Waals surface area contributed by atoms with Crippen molar-refractivity contribution in [1.82, 2.24) is 9.88 Å². The first kappa shape index (κ1) is 19.4. The van der Waals surface area contributed by atoms with Crippen molar-refractivity contribution in [2.24, 2.45) is 11.8 Å². The highest BCUT2D eigenvalue weighted by Gasteiger charge is 2.37. The lowest BCUT2D eigenvalue weighted by Crippen LogP contribution is -2.40. The van der Waals surface area contributed by atoms with Crippen LogP contribution in [0.2, 0.25) is 5.02 Å². The average molecular weight is 399 g/mol. The zero-order chi connectivity index (χ0) is 19.5. The van der Waals surface area contributed by atoms with E-state index in [2.05, 4.69) is 16.0 Å². The molecule has 4 nitrogen and oxygen atoms in total. The van der Waals surface area contributed by atoms with Gasteiger partial charge in [-0.2, -0.15) is 0 Å². The Hall–Kier alpha value is -1.91. The second-order valence-electron chi connectivity index (χ2n) is 8.13. The van der Waals surface area contributed by atoms with Crippen LogP contribution >= 0.6 is 11.6 Å². The molecule has 5 heteroatoms. The number of likely N-dealkylation sites (tertiary alicyclic amines) is 1. The average Bonchev–Trinajstić information content (AvgIpc) is 3.10. The maximum absolute atomic E-state index is 13.0. The normalized spacial score (nSPS) is 25.3. The number of pyridine rings is 1. The topological polar surface area (TPSA) is 53.4 Å². The Bertz CT molecular complexity index is 819. The largest absolute Gasteiger partial charge is 0.396 e. The van der Waals surface area contributed by atoms with Crippen molar-refractivity contribution in [3.63, 3.8) is 0 Å². The standard InChI is InChI=1S/C23H27ClN2O2/c24-22-13-17(20-2-1-10-25-14-20)5-6-18(22)12-19-9-11-26(23(19)28)21-7-3-16(15-27)4-8-21/h1-2,5-6,10,13-14,16,19,21,27H,3-4,7-9,11-12,15H2/t16-,19?,21+. The van der Waals surface area contributed by atoms with E-state index in [1.54, 1.807) is 6.20 Å². The van der Waals surface area contributed by atoms with Crippen LogP contribution < -0.4 is 0 Å². The first-order valence-electron chi connectivity index (χ1n) is 10.3. The highest BCUT2D eigenvalue weighted by atomic mass is 35.5. The Balaban J connectivity index is 1.40. The van der Waals surface area contributed by atoms with Gasteiger partial charge in [0.25, 0.3) is 0 Å². The fraction of sp³-hybridized carbons (Fsp3) is 0.478. The molecular formula is C23H27ClN2O2. The molecule has 2 heterocycles. The van der Waals surface area contributed by atoms with Crippen LogP contribution in [0.3, 0.4) is 0 Å². The molecule has 0 bridgehead atoms. The van der Waals surface area contributed by atoms with Gasteiger partial charge in [-0.05, 0) is 67.7 Å². The van der Waals surface area contributed by atoms with E-state index in [0.29, 0.717) is 18.4 Å². The van der Waals surface area contributed by atoms with Crippen LogP contribution in [0.15, 0.2) is 42.7 Å². The van der Waals surface area contributed by atoms with E-state index in [4.69, 9.17) is 11.6 Å². The quantitative estimate of drug-likeness (QED) is 0.814. The number of carbonyl (C=O) groups is 1. The molecule has 0 radical (unpaired) electrons. The smallest absolute Gasteiger partial charge is 0.226 e. The highest BCUT2D eigenvalue weighted by Crippen LogP contribution is 2.34. The van der Waals surface area contributed by atoms with E-state index >= 15 is 0 Å². The Morgan fingerprint density at radius 3 is 2.61 bits per heavy atom. The van der Waals surface area contributed by atoms with Gasteiger partial charge in [0.15, 0.2) is 0 Å². The van der Waals surface area contributed by atoms with Gasteiger partial charge in [-0.3, -0.25) is 9.78 Å². The minimum Gasteiger partial charge on any atom is -0.396 e. The molecule has 148 valence electrons. The summed E-state index contributed by atoms with van der Waals surface area (Å²) in [4.78, 5) is 19.2. The summed E-state index contributed by atoms with van der Waals surface area (Å²) < 4.78 is 0. The number of aliphatic hydroxyl groups is 1. The maximum Gasteiger partial charge on any atom is 0.226 e. The zero-order valence-electron chi connectivity index (χ0n) is 16.1. The summed E-state index contributed by atoms with van der Waals surface area (Å²) in [5.41, 5.74) is 3.12. The van der Waals surface area contributed by atoms with Crippen molar-refractivity contribution < 1.29 is 9.90 Å². The van der Waals surface area contributed by atoms with Crippen LogP contribution in [0.4, 0.5) is 0 Å². The molecule has 1 saturated carbocycles. The lowest BCUT2D eigenvalue weighted by Gasteiger charge is -2.34. The van der Waals surface area contributed by atoms with Gasteiger partial charge in [0, 0.05) is 48.1 Å². The number of aliphatic hydroxyl groups excluding tert-OH is 1. The number of nitrogens with zero attached hydrogens (tertiary/aromatic N) is 2. The third kappa shape index (κ3) is 4.08. The van der Waals surface area contributed by atoms with Gasteiger partial charge < -0.3 is 10.0 Å². The van der Waals surface area contributed by atoms with Crippen molar-refractivity contribution in [2.45, 2.75) is 44.6 Å². The Morgan fingerprint density at radius 1 is 1.11 bits per heavy atom. The van der Waals surface area contributed by atoms with Crippen LogP contribution in [0, 0.1) is 11.8 Å². The molecule has 4 rings (SSSR count). The highest BCUT2D eigenvalue weighted by molar-refractivity contribution is 6.31. The van der Waals surface area contributed by atoms with E-state index in [1.807, 2.05) is 30.5 Å². The Morgan fingerprint density at radius 2 is 1.93 bits per heavy atom. The summed E-state index contributed by atoms with van der Waals surface area (Å²) in [5, 5.41) is 10.0. The number of hydrogen-bond acceptors (Lipinski definition) is 3. The van der Waals surface area contributed by atoms with Crippen LogP contribution in [0.1, 0.15) is 37.7 Å². The van der Waals surface area contributed by atoms with Gasteiger partial charge >= 0.3 is 0 Å². The fourth-order valence-electron chi connectivity index (χ4n) is 4.65. The Labute approximate surface area is 171 Å². The van der Waals surface area contributed by atoms with Gasteiger partial charge in [-0.15, -0.1) is 0 Å². The van der Waals surface area contributed by atoms with Gasteiger partial charge in [0.1, 0.15) is 0 Å². The van der Waals surface area contributed by atoms with Gasteiger partial charge in [0.05, 0.1) is 0 Å². The summed E-state index contributed by atoms with van der Waals surface area (Å²) in [6, 6.07) is 10.4. The molecule has 1 amide bonds. The fourth-order valence-corrected chi connectivity index (χ4v) is 4.90. The summed E-state index contributed by atoms with van der Waals surface area (Å²) in [5.74, 6) is 0.721. The second kappa shape index (κ2) is 8.62. The number of amides is 1. The number of rotatable bonds is 5. The summed E-state index contributed by atoms with van der Waals surface area (Å²) >= 11 is 6.55. The molecule has 1 atom stereocenters. The third-order valence-corrected chi connectivity index (χ3v) is 6.73. The molecule has 1 aromatic heterocycles. The lowest BCUT2D eigenvalue weighted by atomic mass is 9.86. The lowest BCUT2D eigenvalue weighted by molar-refractivity contribution is -0.133. The molecule has 1 saturated heterocycles. The summed E-state index contributed by atoms with van der Waals surface area (Å²) in [6.45, 7) is 1.13. The number of aromatic nitrogens is 1. The zero-order valence-corrected chi connectivity index (χ0v) is 16.8. The molecule has 1 N–H and O–H groups in total. The maximum atomic E-state index is 13.0. The molecule has 0 spiro atoms. The predicted molar refractivity (Wildman–Crippen MR) is 111 cm³/mol. The van der Waals surface area contributed by atoms with E-state index in [-0.39, 0.29) is 18.4 Å². The molecule has 1 aromatic carbocycles. The molecule has 2 fully saturated rings. The molecular weight excluding hydrogens is 372 g/mol.